The van der Waals surface area contributed by atoms with Crippen LogP contribution in [0, 0.1) is 5.92 Å². The second kappa shape index (κ2) is 3.59. The Kier molecular flexibility index (Phi) is 2.29. The van der Waals surface area contributed by atoms with Gasteiger partial charge >= 0.3 is 0 Å². The van der Waals surface area contributed by atoms with E-state index in [2.05, 4.69) is 44.2 Å². The molecule has 0 aliphatic heterocycles. The monoisotopic (exact) mass is 228 g/mol. The van der Waals surface area contributed by atoms with Gasteiger partial charge in [0.2, 0.25) is 0 Å². The van der Waals surface area contributed by atoms with Gasteiger partial charge in [0.25, 0.3) is 0 Å². The molecule has 2 aliphatic carbocycles. The summed E-state index contributed by atoms with van der Waals surface area (Å²) in [5.41, 5.74) is 5.52. The number of aryl methyl sites for hydroxylation is 1. The van der Waals surface area contributed by atoms with Crippen LogP contribution < -0.4 is 0 Å². The molecule has 3 rings (SSSR count). The Balaban J connectivity index is 1.96. The average molecular weight is 228 g/mol. The summed E-state index contributed by atoms with van der Waals surface area (Å²) in [7, 11) is 0. The van der Waals surface area contributed by atoms with E-state index in [9.17, 15) is 0 Å². The molecule has 0 saturated heterocycles. The van der Waals surface area contributed by atoms with Crippen molar-refractivity contribution in [1.29, 1.82) is 0 Å². The third-order valence-electron chi connectivity index (χ3n) is 3.92. The lowest BCUT2D eigenvalue weighted by Gasteiger charge is -2.11. The maximum absolute atomic E-state index is 4.70. The molecule has 1 aromatic rings. The molecule has 1 heterocycles. The van der Waals surface area contributed by atoms with Gasteiger partial charge in [0.05, 0.1) is 5.69 Å². The molecule has 1 aromatic heterocycles. The highest BCUT2D eigenvalue weighted by Crippen LogP contribution is 2.60. The summed E-state index contributed by atoms with van der Waals surface area (Å²) in [6, 6.07) is 2.75. The summed E-state index contributed by atoms with van der Waals surface area (Å²) in [5, 5.41) is 4.70. The molecule has 0 bridgehead atoms. The Morgan fingerprint density at radius 3 is 2.82 bits per heavy atom. The molecule has 0 N–H and O–H groups in total. The smallest absolute Gasteiger partial charge is 0.0625 e. The normalized spacial score (nSPS) is 26.4. The Morgan fingerprint density at radius 1 is 1.53 bits per heavy atom. The van der Waals surface area contributed by atoms with Gasteiger partial charge in [-0.15, -0.1) is 0 Å². The maximum Gasteiger partial charge on any atom is 0.0625 e. The molecule has 2 unspecified atom stereocenters. The predicted octanol–water partition coefficient (Wildman–Crippen LogP) is 3.63. The minimum Gasteiger partial charge on any atom is -0.266 e. The van der Waals surface area contributed by atoms with Crippen molar-refractivity contribution in [1.82, 2.24) is 9.78 Å². The maximum atomic E-state index is 4.70. The van der Waals surface area contributed by atoms with Gasteiger partial charge in [0, 0.05) is 17.7 Å². The van der Waals surface area contributed by atoms with Crippen LogP contribution in [0.4, 0.5) is 0 Å². The molecule has 0 spiro atoms. The first-order chi connectivity index (χ1) is 8.11. The van der Waals surface area contributed by atoms with Crippen LogP contribution in [0.15, 0.2) is 29.9 Å². The topological polar surface area (TPSA) is 17.8 Å². The molecule has 1 fully saturated rings. The average Bonchev–Trinajstić information content (AvgIpc) is 2.68. The van der Waals surface area contributed by atoms with Crippen LogP contribution in [0.3, 0.4) is 0 Å². The summed E-state index contributed by atoms with van der Waals surface area (Å²) >= 11 is 0. The molecule has 2 atom stereocenters. The number of aromatic nitrogens is 2. The van der Waals surface area contributed by atoms with Gasteiger partial charge < -0.3 is 0 Å². The second-order valence-corrected chi connectivity index (χ2v) is 5.54. The van der Waals surface area contributed by atoms with Crippen molar-refractivity contribution in [2.45, 2.75) is 45.6 Å². The minimum atomic E-state index is 0.454. The molecule has 90 valence electrons. The largest absolute Gasteiger partial charge is 0.266 e. The Labute approximate surface area is 103 Å². The summed E-state index contributed by atoms with van der Waals surface area (Å²) < 4.78 is 2.21. The zero-order valence-electron chi connectivity index (χ0n) is 10.9. The van der Waals surface area contributed by atoms with Crippen LogP contribution in [0.5, 0.6) is 0 Å². The number of nitrogens with zero attached hydrogens (tertiary/aromatic N) is 2. The first-order valence-electron chi connectivity index (χ1n) is 6.59. The molecule has 0 aromatic carbocycles. The molecule has 0 amide bonds. The van der Waals surface area contributed by atoms with Crippen molar-refractivity contribution >= 4 is 0 Å². The van der Waals surface area contributed by atoms with E-state index in [-0.39, 0.29) is 0 Å². The fourth-order valence-corrected chi connectivity index (χ4v) is 3.01. The highest BCUT2D eigenvalue weighted by Gasteiger charge is 2.49. The van der Waals surface area contributed by atoms with E-state index < -0.39 is 0 Å². The molecule has 2 aliphatic rings. The van der Waals surface area contributed by atoms with Crippen LogP contribution in [-0.2, 0) is 6.42 Å². The molecule has 1 saturated carbocycles. The van der Waals surface area contributed by atoms with Crippen LogP contribution in [0.25, 0.3) is 0 Å². The fraction of sp³-hybridized carbons (Fsp3) is 0.533. The lowest BCUT2D eigenvalue weighted by atomic mass is 10.1. The van der Waals surface area contributed by atoms with E-state index >= 15 is 0 Å². The zero-order chi connectivity index (χ0) is 12.2. The summed E-state index contributed by atoms with van der Waals surface area (Å²) in [6.07, 6.45) is 4.47. The molecule has 2 heteroatoms. The van der Waals surface area contributed by atoms with Gasteiger partial charge in [-0.2, -0.15) is 5.10 Å². The first-order valence-corrected chi connectivity index (χ1v) is 6.59. The van der Waals surface area contributed by atoms with Crippen molar-refractivity contribution in [3.63, 3.8) is 0 Å². The van der Waals surface area contributed by atoms with Crippen LogP contribution in [0.2, 0.25) is 0 Å². The lowest BCUT2D eigenvalue weighted by molar-refractivity contribution is 0.502. The van der Waals surface area contributed by atoms with E-state index in [0.717, 1.165) is 18.8 Å². The summed E-state index contributed by atoms with van der Waals surface area (Å²) in [5.74, 6) is 1.37. The SMILES string of the molecule is C=C1C=C2C(C1)C2c1cc(CC)nn1C(C)C. The number of rotatable bonds is 3. The summed E-state index contributed by atoms with van der Waals surface area (Å²) in [4.78, 5) is 0. The predicted molar refractivity (Wildman–Crippen MR) is 70.1 cm³/mol. The minimum absolute atomic E-state index is 0.454. The third-order valence-corrected chi connectivity index (χ3v) is 3.92. The van der Waals surface area contributed by atoms with Gasteiger partial charge in [-0.3, -0.25) is 4.68 Å². The highest BCUT2D eigenvalue weighted by atomic mass is 15.3. The molecule has 0 radical (unpaired) electrons. The Hall–Kier alpha value is -1.31. The number of allylic oxidation sites excluding steroid dienone is 3. The molecular weight excluding hydrogens is 208 g/mol. The van der Waals surface area contributed by atoms with Gasteiger partial charge in [0.1, 0.15) is 0 Å². The Bertz CT molecular complexity index is 505. The van der Waals surface area contributed by atoms with Crippen molar-refractivity contribution in [2.75, 3.05) is 0 Å². The van der Waals surface area contributed by atoms with Crippen molar-refractivity contribution in [3.8, 4) is 0 Å². The molecule has 17 heavy (non-hydrogen) atoms. The van der Waals surface area contributed by atoms with Crippen molar-refractivity contribution in [2.24, 2.45) is 5.92 Å². The zero-order valence-corrected chi connectivity index (χ0v) is 10.9. The quantitative estimate of drug-likeness (QED) is 0.772. The van der Waals surface area contributed by atoms with E-state index in [1.165, 1.54) is 17.0 Å². The lowest BCUT2D eigenvalue weighted by Crippen LogP contribution is -2.07. The third kappa shape index (κ3) is 1.58. The van der Waals surface area contributed by atoms with E-state index in [4.69, 9.17) is 5.10 Å². The molecular formula is C15H20N2. The van der Waals surface area contributed by atoms with Crippen molar-refractivity contribution < 1.29 is 0 Å². The van der Waals surface area contributed by atoms with E-state index in [0.29, 0.717) is 12.0 Å². The van der Waals surface area contributed by atoms with Crippen LogP contribution >= 0.6 is 0 Å². The van der Waals surface area contributed by atoms with Gasteiger partial charge in [-0.25, -0.2) is 0 Å². The van der Waals surface area contributed by atoms with Crippen LogP contribution in [-0.4, -0.2) is 9.78 Å². The summed E-state index contributed by atoms with van der Waals surface area (Å²) in [6.45, 7) is 10.6. The van der Waals surface area contributed by atoms with Gasteiger partial charge in [-0.1, -0.05) is 30.7 Å². The first kappa shape index (κ1) is 10.8. The van der Waals surface area contributed by atoms with Gasteiger partial charge in [-0.05, 0) is 38.7 Å². The number of fused-ring (bicyclic) bond motifs is 1. The Morgan fingerprint density at radius 2 is 2.29 bits per heavy atom. The van der Waals surface area contributed by atoms with Crippen LogP contribution in [0.1, 0.15) is 50.5 Å². The number of hydrogen-bond donors (Lipinski definition) is 0. The highest BCUT2D eigenvalue weighted by molar-refractivity contribution is 5.52. The second-order valence-electron chi connectivity index (χ2n) is 5.54. The van der Waals surface area contributed by atoms with E-state index in [1.807, 2.05) is 0 Å². The fourth-order valence-electron chi connectivity index (χ4n) is 3.01. The van der Waals surface area contributed by atoms with Gasteiger partial charge in [0.15, 0.2) is 0 Å². The van der Waals surface area contributed by atoms with Crippen molar-refractivity contribution in [3.05, 3.63) is 41.3 Å². The number of hydrogen-bond acceptors (Lipinski definition) is 1. The standard InChI is InChI=1S/C15H20N2/c1-5-11-8-14(17(16-11)9(2)3)15-12-6-10(4)7-13(12)15/h6,8-9,13,15H,4-5,7H2,1-3H3. The molecule has 2 nitrogen and oxygen atoms in total. The van der Waals surface area contributed by atoms with E-state index in [1.54, 1.807) is 5.57 Å².